The molecule has 1 N–H and O–H groups in total. The van der Waals surface area contributed by atoms with Gasteiger partial charge in [-0.05, 0) is 76.4 Å². The monoisotopic (exact) mass is 288 g/mol. The van der Waals surface area contributed by atoms with Gasteiger partial charge in [0.15, 0.2) is 0 Å². The van der Waals surface area contributed by atoms with E-state index in [9.17, 15) is 0 Å². The number of rotatable bonds is 3. The lowest BCUT2D eigenvalue weighted by molar-refractivity contribution is 0.0797. The molecule has 2 atom stereocenters. The summed E-state index contributed by atoms with van der Waals surface area (Å²) in [6.45, 7) is 6.02. The lowest BCUT2D eigenvalue weighted by Gasteiger charge is -2.45. The van der Waals surface area contributed by atoms with E-state index in [0.29, 0.717) is 17.6 Å². The van der Waals surface area contributed by atoms with Gasteiger partial charge in [0.05, 0.1) is 7.11 Å². The molecule has 3 heteroatoms. The molecular formula is C18H28N2O. The first kappa shape index (κ1) is 14.9. The van der Waals surface area contributed by atoms with Gasteiger partial charge in [-0.2, -0.15) is 0 Å². The molecular weight excluding hydrogens is 260 g/mol. The fourth-order valence-corrected chi connectivity index (χ4v) is 4.32. The number of hydrogen-bond donors (Lipinski definition) is 1. The maximum absolute atomic E-state index is 5.43. The molecule has 2 unspecified atom stereocenters. The highest BCUT2D eigenvalue weighted by Crippen LogP contribution is 2.40. The van der Waals surface area contributed by atoms with Gasteiger partial charge in [-0.15, -0.1) is 0 Å². The van der Waals surface area contributed by atoms with Crippen molar-refractivity contribution in [3.8, 4) is 5.75 Å². The predicted molar refractivity (Wildman–Crippen MR) is 86.9 cm³/mol. The normalized spacial score (nSPS) is 28.4. The summed E-state index contributed by atoms with van der Waals surface area (Å²) >= 11 is 0. The molecule has 1 aromatic rings. The third kappa shape index (κ3) is 2.58. The molecule has 0 amide bonds. The van der Waals surface area contributed by atoms with Crippen LogP contribution < -0.4 is 10.1 Å². The average Bonchev–Trinajstić information content (AvgIpc) is 2.84. The Balaban J connectivity index is 1.94. The molecule has 0 radical (unpaired) electrons. The minimum absolute atomic E-state index is 0.330. The highest BCUT2D eigenvalue weighted by molar-refractivity contribution is 5.40. The molecule has 1 aromatic carbocycles. The first-order valence-corrected chi connectivity index (χ1v) is 8.17. The zero-order valence-corrected chi connectivity index (χ0v) is 13.8. The Labute approximate surface area is 128 Å². The first-order chi connectivity index (χ1) is 10.1. The van der Waals surface area contributed by atoms with Crippen LogP contribution >= 0.6 is 0 Å². The van der Waals surface area contributed by atoms with Gasteiger partial charge in [-0.1, -0.05) is 6.07 Å². The summed E-state index contributed by atoms with van der Waals surface area (Å²) in [5.74, 6) is 0.968. The summed E-state index contributed by atoms with van der Waals surface area (Å²) in [5, 5.41) is 3.58. The number of likely N-dealkylation sites (N-methyl/N-ethyl adjacent to an activating group) is 1. The Morgan fingerprint density at radius 1 is 1.33 bits per heavy atom. The molecule has 1 heterocycles. The molecule has 3 nitrogen and oxygen atoms in total. The number of hydrogen-bond acceptors (Lipinski definition) is 3. The number of fused-ring (bicyclic) bond motifs is 1. The zero-order chi connectivity index (χ0) is 15.0. The van der Waals surface area contributed by atoms with Crippen LogP contribution in [0.5, 0.6) is 5.75 Å². The summed E-state index contributed by atoms with van der Waals surface area (Å²) in [6, 6.07) is 7.55. The number of benzene rings is 1. The van der Waals surface area contributed by atoms with Crippen LogP contribution in [0, 0.1) is 0 Å². The minimum atomic E-state index is 0.330. The van der Waals surface area contributed by atoms with Crippen LogP contribution in [0.15, 0.2) is 18.2 Å². The quantitative estimate of drug-likeness (QED) is 0.925. The first-order valence-electron chi connectivity index (χ1n) is 8.17. The summed E-state index contributed by atoms with van der Waals surface area (Å²) in [6.07, 6.45) is 5.05. The zero-order valence-electron chi connectivity index (χ0n) is 13.8. The largest absolute Gasteiger partial charge is 0.497 e. The molecule has 0 aromatic heterocycles. The third-order valence-corrected chi connectivity index (χ3v) is 5.46. The number of nitrogens with one attached hydrogen (secondary N) is 1. The predicted octanol–water partition coefficient (Wildman–Crippen LogP) is 3.14. The van der Waals surface area contributed by atoms with Crippen molar-refractivity contribution in [3.05, 3.63) is 29.3 Å². The van der Waals surface area contributed by atoms with Gasteiger partial charge in [0.1, 0.15) is 5.75 Å². The maximum Gasteiger partial charge on any atom is 0.119 e. The van der Waals surface area contributed by atoms with E-state index in [1.807, 2.05) is 0 Å². The van der Waals surface area contributed by atoms with Crippen LogP contribution in [0.4, 0.5) is 0 Å². The summed E-state index contributed by atoms with van der Waals surface area (Å²) < 4.78 is 5.43. The van der Waals surface area contributed by atoms with E-state index in [1.165, 1.54) is 43.4 Å². The van der Waals surface area contributed by atoms with Crippen LogP contribution in [-0.2, 0) is 6.42 Å². The van der Waals surface area contributed by atoms with Crippen molar-refractivity contribution >= 4 is 0 Å². The van der Waals surface area contributed by atoms with Crippen molar-refractivity contribution in [2.75, 3.05) is 20.7 Å². The lowest BCUT2D eigenvalue weighted by atomic mass is 9.82. The molecule has 1 aliphatic carbocycles. The molecule has 1 aliphatic heterocycles. The van der Waals surface area contributed by atoms with Gasteiger partial charge in [-0.3, -0.25) is 4.90 Å². The number of aryl methyl sites for hydroxylation is 1. The van der Waals surface area contributed by atoms with Crippen molar-refractivity contribution in [2.24, 2.45) is 0 Å². The topological polar surface area (TPSA) is 24.5 Å². The summed E-state index contributed by atoms with van der Waals surface area (Å²) in [7, 11) is 3.84. The molecule has 2 aliphatic rings. The molecule has 0 spiro atoms. The Morgan fingerprint density at radius 3 is 2.76 bits per heavy atom. The third-order valence-electron chi connectivity index (χ3n) is 5.46. The van der Waals surface area contributed by atoms with E-state index < -0.39 is 0 Å². The van der Waals surface area contributed by atoms with Crippen LogP contribution in [-0.4, -0.2) is 37.2 Å². The average molecular weight is 288 g/mol. The minimum Gasteiger partial charge on any atom is -0.497 e. The molecule has 0 saturated carbocycles. The van der Waals surface area contributed by atoms with E-state index in [0.717, 1.165) is 5.75 Å². The lowest BCUT2D eigenvalue weighted by Crippen LogP contribution is -2.52. The van der Waals surface area contributed by atoms with Crippen LogP contribution in [0.25, 0.3) is 0 Å². The second kappa shape index (κ2) is 5.62. The van der Waals surface area contributed by atoms with Crippen LogP contribution in [0.3, 0.4) is 0 Å². The fourth-order valence-electron chi connectivity index (χ4n) is 4.32. The van der Waals surface area contributed by atoms with Crippen molar-refractivity contribution in [1.29, 1.82) is 0 Å². The van der Waals surface area contributed by atoms with Gasteiger partial charge in [0, 0.05) is 17.6 Å². The Kier molecular flexibility index (Phi) is 3.98. The van der Waals surface area contributed by atoms with Gasteiger partial charge in [-0.25, -0.2) is 0 Å². The van der Waals surface area contributed by atoms with E-state index in [4.69, 9.17) is 4.74 Å². The number of likely N-dealkylation sites (tertiary alicyclic amines) is 1. The van der Waals surface area contributed by atoms with Crippen LogP contribution in [0.2, 0.25) is 0 Å². The Hall–Kier alpha value is -1.06. The second-order valence-corrected chi connectivity index (χ2v) is 7.05. The van der Waals surface area contributed by atoms with Gasteiger partial charge in [0.25, 0.3) is 0 Å². The summed E-state index contributed by atoms with van der Waals surface area (Å²) in [5.41, 5.74) is 3.23. The van der Waals surface area contributed by atoms with Crippen molar-refractivity contribution < 1.29 is 4.74 Å². The van der Waals surface area contributed by atoms with E-state index in [-0.39, 0.29) is 0 Å². The van der Waals surface area contributed by atoms with E-state index in [2.05, 4.69) is 49.3 Å². The van der Waals surface area contributed by atoms with Gasteiger partial charge in [0.2, 0.25) is 0 Å². The highest BCUT2D eigenvalue weighted by atomic mass is 16.5. The molecule has 3 rings (SSSR count). The molecule has 116 valence electrons. The number of methoxy groups -OCH3 is 1. The maximum atomic E-state index is 5.43. The molecule has 1 fully saturated rings. The van der Waals surface area contributed by atoms with Crippen LogP contribution in [0.1, 0.15) is 50.3 Å². The Bertz CT molecular complexity index is 512. The van der Waals surface area contributed by atoms with Gasteiger partial charge < -0.3 is 10.1 Å². The van der Waals surface area contributed by atoms with E-state index in [1.54, 1.807) is 7.11 Å². The molecule has 0 bridgehead atoms. The highest BCUT2D eigenvalue weighted by Gasteiger charge is 2.41. The standard InChI is InChI=1S/C18H28N2O/c1-18(2)10-5-11-20(18)16-9-7-13-6-8-14(21-4)12-15(13)17(16)19-3/h6,8,12,16-17,19H,5,7,9-11H2,1-4H3. The fraction of sp³-hybridized carbons (Fsp3) is 0.667. The molecule has 1 saturated heterocycles. The Morgan fingerprint density at radius 2 is 2.14 bits per heavy atom. The van der Waals surface area contributed by atoms with Crippen molar-refractivity contribution in [1.82, 2.24) is 10.2 Å². The van der Waals surface area contributed by atoms with Gasteiger partial charge >= 0.3 is 0 Å². The second-order valence-electron chi connectivity index (χ2n) is 7.05. The smallest absolute Gasteiger partial charge is 0.119 e. The molecule has 21 heavy (non-hydrogen) atoms. The van der Waals surface area contributed by atoms with Crippen molar-refractivity contribution in [2.45, 2.75) is 57.2 Å². The van der Waals surface area contributed by atoms with E-state index >= 15 is 0 Å². The number of ether oxygens (including phenoxy) is 1. The summed E-state index contributed by atoms with van der Waals surface area (Å²) in [4.78, 5) is 2.73. The SMILES string of the molecule is CNC1c2cc(OC)ccc2CCC1N1CCCC1(C)C. The number of nitrogens with zero attached hydrogens (tertiary/aromatic N) is 1. The van der Waals surface area contributed by atoms with Crippen molar-refractivity contribution in [3.63, 3.8) is 0 Å².